The standard InChI is InChI=1S/C7H16O2/c1-4-7(9,5-2)6(3)8/h6,8-9H,4-5H2,1-3H3. The van der Waals surface area contributed by atoms with E-state index in [-0.39, 0.29) is 0 Å². The molecule has 56 valence electrons. The van der Waals surface area contributed by atoms with Crippen LogP contribution in [0.15, 0.2) is 0 Å². The molecule has 2 nitrogen and oxygen atoms in total. The van der Waals surface area contributed by atoms with Gasteiger partial charge in [0.05, 0.1) is 11.7 Å². The molecule has 0 aliphatic heterocycles. The van der Waals surface area contributed by atoms with Crippen LogP contribution in [-0.2, 0) is 0 Å². The van der Waals surface area contributed by atoms with Gasteiger partial charge in [0.15, 0.2) is 0 Å². The fourth-order valence-corrected chi connectivity index (χ4v) is 0.841. The second-order valence-electron chi connectivity index (χ2n) is 2.49. The molecule has 0 fully saturated rings. The van der Waals surface area contributed by atoms with Gasteiger partial charge in [0.25, 0.3) is 0 Å². The van der Waals surface area contributed by atoms with E-state index in [2.05, 4.69) is 0 Å². The highest BCUT2D eigenvalue weighted by Crippen LogP contribution is 2.18. The lowest BCUT2D eigenvalue weighted by molar-refractivity contribution is -0.0707. The van der Waals surface area contributed by atoms with Crippen molar-refractivity contribution in [2.45, 2.75) is 45.3 Å². The summed E-state index contributed by atoms with van der Waals surface area (Å²) in [5.74, 6) is 0. The lowest BCUT2D eigenvalue weighted by atomic mass is 9.92. The molecule has 1 atom stereocenters. The van der Waals surface area contributed by atoms with E-state index in [4.69, 9.17) is 5.11 Å². The van der Waals surface area contributed by atoms with Gasteiger partial charge in [0.2, 0.25) is 0 Å². The van der Waals surface area contributed by atoms with Gasteiger partial charge in [-0.3, -0.25) is 0 Å². The molecule has 2 N–H and O–H groups in total. The zero-order chi connectivity index (χ0) is 7.49. The molecule has 0 amide bonds. The molecule has 0 spiro atoms. The third-order valence-electron chi connectivity index (χ3n) is 2.00. The predicted octanol–water partition coefficient (Wildman–Crippen LogP) is 0.918. The normalized spacial score (nSPS) is 15.7. The molecule has 2 heteroatoms. The first-order valence-corrected chi connectivity index (χ1v) is 3.47. The van der Waals surface area contributed by atoms with Crippen LogP contribution in [0.5, 0.6) is 0 Å². The second kappa shape index (κ2) is 3.18. The van der Waals surface area contributed by atoms with Crippen LogP contribution in [0.25, 0.3) is 0 Å². The number of rotatable bonds is 3. The minimum atomic E-state index is -0.861. The summed E-state index contributed by atoms with van der Waals surface area (Å²) in [5, 5.41) is 18.5. The Morgan fingerprint density at radius 2 is 1.67 bits per heavy atom. The van der Waals surface area contributed by atoms with E-state index in [0.29, 0.717) is 12.8 Å². The predicted molar refractivity (Wildman–Crippen MR) is 37.2 cm³/mol. The molecule has 0 aliphatic rings. The highest BCUT2D eigenvalue weighted by molar-refractivity contribution is 4.80. The van der Waals surface area contributed by atoms with E-state index in [9.17, 15) is 5.11 Å². The Kier molecular flexibility index (Phi) is 3.15. The molecule has 0 saturated carbocycles. The van der Waals surface area contributed by atoms with Crippen LogP contribution in [-0.4, -0.2) is 21.9 Å². The molecule has 0 rings (SSSR count). The van der Waals surface area contributed by atoms with Gasteiger partial charge in [-0.25, -0.2) is 0 Å². The molecule has 0 aliphatic carbocycles. The van der Waals surface area contributed by atoms with E-state index in [0.717, 1.165) is 0 Å². The first-order chi connectivity index (χ1) is 4.06. The van der Waals surface area contributed by atoms with Gasteiger partial charge in [0.1, 0.15) is 0 Å². The van der Waals surface area contributed by atoms with Gasteiger partial charge in [-0.05, 0) is 19.8 Å². The number of hydrogen-bond donors (Lipinski definition) is 2. The highest BCUT2D eigenvalue weighted by atomic mass is 16.3. The van der Waals surface area contributed by atoms with Crippen molar-refractivity contribution in [1.82, 2.24) is 0 Å². The quantitative estimate of drug-likeness (QED) is 0.599. The van der Waals surface area contributed by atoms with Gasteiger partial charge < -0.3 is 10.2 Å². The van der Waals surface area contributed by atoms with Crippen LogP contribution in [0.3, 0.4) is 0 Å². The molecule has 0 aromatic heterocycles. The van der Waals surface area contributed by atoms with E-state index in [1.54, 1.807) is 6.92 Å². The summed E-state index contributed by atoms with van der Waals surface area (Å²) in [5.41, 5.74) is -0.861. The van der Waals surface area contributed by atoms with E-state index < -0.39 is 11.7 Å². The summed E-state index contributed by atoms with van der Waals surface area (Å²) in [6, 6.07) is 0. The molecule has 0 heterocycles. The zero-order valence-corrected chi connectivity index (χ0v) is 6.39. The van der Waals surface area contributed by atoms with E-state index >= 15 is 0 Å². The first-order valence-electron chi connectivity index (χ1n) is 3.47. The number of aliphatic hydroxyl groups excluding tert-OH is 1. The second-order valence-corrected chi connectivity index (χ2v) is 2.49. The van der Waals surface area contributed by atoms with Crippen LogP contribution in [0.4, 0.5) is 0 Å². The third kappa shape index (κ3) is 1.95. The Morgan fingerprint density at radius 3 is 1.67 bits per heavy atom. The van der Waals surface area contributed by atoms with E-state index in [1.165, 1.54) is 0 Å². The molecule has 0 aromatic rings. The molecule has 1 unspecified atom stereocenters. The summed E-state index contributed by atoms with van der Waals surface area (Å²) in [4.78, 5) is 0. The SMILES string of the molecule is CCC(O)(CC)C(C)O. The number of hydrogen-bond acceptors (Lipinski definition) is 2. The fraction of sp³-hybridized carbons (Fsp3) is 1.00. The summed E-state index contributed by atoms with van der Waals surface area (Å²) in [7, 11) is 0. The van der Waals surface area contributed by atoms with Crippen molar-refractivity contribution < 1.29 is 10.2 Å². The zero-order valence-electron chi connectivity index (χ0n) is 6.39. The fourth-order valence-electron chi connectivity index (χ4n) is 0.841. The van der Waals surface area contributed by atoms with Crippen molar-refractivity contribution in [3.8, 4) is 0 Å². The topological polar surface area (TPSA) is 40.5 Å². The largest absolute Gasteiger partial charge is 0.390 e. The van der Waals surface area contributed by atoms with Crippen LogP contribution in [0.2, 0.25) is 0 Å². The lowest BCUT2D eigenvalue weighted by Gasteiger charge is -2.27. The molecule has 9 heavy (non-hydrogen) atoms. The van der Waals surface area contributed by atoms with Gasteiger partial charge in [0, 0.05) is 0 Å². The van der Waals surface area contributed by atoms with Crippen molar-refractivity contribution in [2.24, 2.45) is 0 Å². The Hall–Kier alpha value is -0.0800. The average Bonchev–Trinajstić information content (AvgIpc) is 1.86. The Morgan fingerprint density at radius 1 is 1.33 bits per heavy atom. The van der Waals surface area contributed by atoms with Gasteiger partial charge >= 0.3 is 0 Å². The highest BCUT2D eigenvalue weighted by Gasteiger charge is 2.27. The molecular formula is C7H16O2. The van der Waals surface area contributed by atoms with Gasteiger partial charge in [-0.1, -0.05) is 13.8 Å². The average molecular weight is 132 g/mol. The van der Waals surface area contributed by atoms with Gasteiger partial charge in [-0.15, -0.1) is 0 Å². The number of aliphatic hydroxyl groups is 2. The van der Waals surface area contributed by atoms with Crippen LogP contribution < -0.4 is 0 Å². The van der Waals surface area contributed by atoms with Crippen molar-refractivity contribution in [1.29, 1.82) is 0 Å². The van der Waals surface area contributed by atoms with Crippen LogP contribution >= 0.6 is 0 Å². The summed E-state index contributed by atoms with van der Waals surface area (Å²) >= 11 is 0. The third-order valence-corrected chi connectivity index (χ3v) is 2.00. The molecule has 0 bridgehead atoms. The summed E-state index contributed by atoms with van der Waals surface area (Å²) < 4.78 is 0. The van der Waals surface area contributed by atoms with Crippen molar-refractivity contribution >= 4 is 0 Å². The van der Waals surface area contributed by atoms with Crippen molar-refractivity contribution in [3.05, 3.63) is 0 Å². The van der Waals surface area contributed by atoms with Crippen molar-refractivity contribution in [2.75, 3.05) is 0 Å². The van der Waals surface area contributed by atoms with Crippen molar-refractivity contribution in [3.63, 3.8) is 0 Å². The minimum absolute atomic E-state index is 0.612. The van der Waals surface area contributed by atoms with Crippen LogP contribution in [0.1, 0.15) is 33.6 Å². The maximum atomic E-state index is 9.46. The Labute approximate surface area is 56.5 Å². The summed E-state index contributed by atoms with van der Waals surface area (Å²) in [6.45, 7) is 5.36. The minimum Gasteiger partial charge on any atom is -0.390 e. The monoisotopic (exact) mass is 132 g/mol. The molecular weight excluding hydrogens is 116 g/mol. The molecule has 0 aromatic carbocycles. The first kappa shape index (κ1) is 8.92. The Balaban J connectivity index is 3.92. The lowest BCUT2D eigenvalue weighted by Crippen LogP contribution is -2.38. The van der Waals surface area contributed by atoms with Gasteiger partial charge in [-0.2, -0.15) is 0 Å². The molecule has 0 saturated heterocycles. The Bertz CT molecular complexity index is 75.0. The van der Waals surface area contributed by atoms with E-state index in [1.807, 2.05) is 13.8 Å². The maximum Gasteiger partial charge on any atom is 0.0897 e. The van der Waals surface area contributed by atoms with Crippen LogP contribution in [0, 0.1) is 0 Å². The summed E-state index contributed by atoms with van der Waals surface area (Å²) in [6.07, 6.45) is 0.606. The maximum absolute atomic E-state index is 9.46. The molecule has 0 radical (unpaired) electrons. The smallest absolute Gasteiger partial charge is 0.0897 e.